The van der Waals surface area contributed by atoms with E-state index in [1.165, 1.54) is 0 Å². The summed E-state index contributed by atoms with van der Waals surface area (Å²) < 4.78 is 0. The molecule has 0 unspecified atom stereocenters. The molecule has 2 amide bonds. The normalized spacial score (nSPS) is 9.64. The number of primary amides is 2. The van der Waals surface area contributed by atoms with Crippen LogP contribution in [-0.2, 0) is 9.59 Å². The minimum Gasteiger partial charge on any atom is -0.370 e. The Balaban J connectivity index is 4.62. The molecule has 4 N–H and O–H groups in total. The van der Waals surface area contributed by atoms with Crippen molar-refractivity contribution in [2.75, 3.05) is 0 Å². The Hall–Kier alpha value is -2.62. The largest absolute Gasteiger partial charge is 0.370 e. The average Bonchev–Trinajstić information content (AvgIpc) is 2.46. The topological polar surface area (TPSA) is 86.2 Å². The summed E-state index contributed by atoms with van der Waals surface area (Å²) >= 11 is 0. The zero-order valence-corrected chi connectivity index (χ0v) is 13.0. The lowest BCUT2D eigenvalue weighted by Crippen LogP contribution is -2.15. The number of hydrogen-bond donors (Lipinski definition) is 2. The van der Waals surface area contributed by atoms with Gasteiger partial charge in [-0.05, 0) is 47.1 Å². The molecule has 0 saturated carbocycles. The lowest BCUT2D eigenvalue weighted by molar-refractivity contribution is -0.118. The van der Waals surface area contributed by atoms with E-state index in [0.29, 0.717) is 41.6 Å². The highest BCUT2D eigenvalue weighted by atomic mass is 16.1. The van der Waals surface area contributed by atoms with E-state index in [9.17, 15) is 9.59 Å². The highest BCUT2D eigenvalue weighted by Gasteiger charge is 2.15. The summed E-state index contributed by atoms with van der Waals surface area (Å²) in [5.74, 6) is -0.974. The van der Waals surface area contributed by atoms with E-state index in [4.69, 9.17) is 11.5 Å². The molecular weight excluding hydrogens is 276 g/mol. The van der Waals surface area contributed by atoms with E-state index >= 15 is 0 Å². The molecule has 0 heterocycles. The average molecular weight is 300 g/mol. The van der Waals surface area contributed by atoms with Gasteiger partial charge in [-0.15, -0.1) is 0 Å². The van der Waals surface area contributed by atoms with Gasteiger partial charge in [-0.1, -0.05) is 39.5 Å². The van der Waals surface area contributed by atoms with Crippen molar-refractivity contribution in [3.63, 3.8) is 0 Å². The number of rotatable bonds is 11. The monoisotopic (exact) mass is 300 g/mol. The number of allylic oxidation sites excluding steroid dienone is 4. The lowest BCUT2D eigenvalue weighted by Gasteiger charge is -2.16. The lowest BCUT2D eigenvalue weighted by atomic mass is 9.88. The third kappa shape index (κ3) is 5.79. The molecule has 0 spiro atoms. The molecule has 0 fully saturated rings. The Morgan fingerprint density at radius 3 is 1.50 bits per heavy atom. The van der Waals surface area contributed by atoms with Gasteiger partial charge in [0.2, 0.25) is 11.8 Å². The molecule has 0 bridgehead atoms. The van der Waals surface area contributed by atoms with Crippen molar-refractivity contribution >= 4 is 11.8 Å². The molecular formula is C18H24N2O2. The SMILES string of the molecule is C=C(CCCCC(N)=O)C(=C)C(=C)C(=C)C(=C)C(=C)C(N)=O. The van der Waals surface area contributed by atoms with Crippen molar-refractivity contribution in [3.8, 4) is 0 Å². The zero-order valence-electron chi connectivity index (χ0n) is 13.0. The molecule has 118 valence electrons. The van der Waals surface area contributed by atoms with Crippen LogP contribution in [0.3, 0.4) is 0 Å². The highest BCUT2D eigenvalue weighted by Crippen LogP contribution is 2.29. The van der Waals surface area contributed by atoms with Crippen molar-refractivity contribution in [2.45, 2.75) is 25.7 Å². The highest BCUT2D eigenvalue weighted by molar-refractivity contribution is 5.97. The fourth-order valence-electron chi connectivity index (χ4n) is 1.70. The molecule has 4 heteroatoms. The summed E-state index contributed by atoms with van der Waals surface area (Å²) in [6.07, 6.45) is 2.49. The first-order valence-corrected chi connectivity index (χ1v) is 6.81. The zero-order chi connectivity index (χ0) is 17.4. The molecule has 0 saturated heterocycles. The molecule has 0 aliphatic rings. The summed E-state index contributed by atoms with van der Waals surface area (Å²) in [6.45, 7) is 23.0. The van der Waals surface area contributed by atoms with Crippen LogP contribution < -0.4 is 11.5 Å². The van der Waals surface area contributed by atoms with Crippen LogP contribution >= 0.6 is 0 Å². The van der Waals surface area contributed by atoms with Crippen LogP contribution in [0.5, 0.6) is 0 Å². The van der Waals surface area contributed by atoms with E-state index < -0.39 is 5.91 Å². The van der Waals surface area contributed by atoms with Gasteiger partial charge in [0.25, 0.3) is 0 Å². The van der Waals surface area contributed by atoms with Crippen LogP contribution in [0.2, 0.25) is 0 Å². The van der Waals surface area contributed by atoms with Gasteiger partial charge in [0.1, 0.15) is 0 Å². The van der Waals surface area contributed by atoms with Crippen LogP contribution in [0.25, 0.3) is 0 Å². The first-order chi connectivity index (χ1) is 10.1. The van der Waals surface area contributed by atoms with Crippen LogP contribution in [-0.4, -0.2) is 11.8 Å². The van der Waals surface area contributed by atoms with Crippen molar-refractivity contribution < 1.29 is 9.59 Å². The van der Waals surface area contributed by atoms with E-state index in [1.54, 1.807) is 0 Å². The number of hydrogen-bond acceptors (Lipinski definition) is 2. The summed E-state index contributed by atoms with van der Waals surface area (Å²) in [5.41, 5.74) is 13.1. The second-order valence-electron chi connectivity index (χ2n) is 5.03. The number of unbranched alkanes of at least 4 members (excludes halogenated alkanes) is 1. The fourth-order valence-corrected chi connectivity index (χ4v) is 1.70. The van der Waals surface area contributed by atoms with Crippen molar-refractivity contribution in [2.24, 2.45) is 11.5 Å². The quantitative estimate of drug-likeness (QED) is 0.349. The number of carbonyl (C=O) groups is 2. The Morgan fingerprint density at radius 1 is 0.636 bits per heavy atom. The first kappa shape index (κ1) is 19.4. The van der Waals surface area contributed by atoms with Crippen molar-refractivity contribution in [3.05, 3.63) is 72.9 Å². The summed E-state index contributed by atoms with van der Waals surface area (Å²) in [5, 5.41) is 0. The van der Waals surface area contributed by atoms with Gasteiger partial charge in [-0.2, -0.15) is 0 Å². The van der Waals surface area contributed by atoms with Crippen LogP contribution in [0.15, 0.2) is 72.9 Å². The molecule has 4 nitrogen and oxygen atoms in total. The Kier molecular flexibility index (Phi) is 7.59. The van der Waals surface area contributed by atoms with Crippen molar-refractivity contribution in [1.29, 1.82) is 0 Å². The summed E-state index contributed by atoms with van der Waals surface area (Å²) in [7, 11) is 0. The summed E-state index contributed by atoms with van der Waals surface area (Å²) in [4.78, 5) is 21.8. The van der Waals surface area contributed by atoms with Crippen LogP contribution in [0, 0.1) is 0 Å². The predicted molar refractivity (Wildman–Crippen MR) is 91.7 cm³/mol. The Bertz CT molecular complexity index is 580. The van der Waals surface area contributed by atoms with Gasteiger partial charge in [-0.25, -0.2) is 0 Å². The van der Waals surface area contributed by atoms with E-state index in [-0.39, 0.29) is 11.5 Å². The molecule has 0 aliphatic heterocycles. The number of nitrogens with two attached hydrogens (primary N) is 2. The number of amides is 2. The van der Waals surface area contributed by atoms with Gasteiger partial charge in [0.05, 0.1) is 0 Å². The maximum atomic E-state index is 11.1. The van der Waals surface area contributed by atoms with E-state index in [2.05, 4.69) is 39.5 Å². The molecule has 0 aromatic carbocycles. The molecule has 0 atom stereocenters. The van der Waals surface area contributed by atoms with Crippen LogP contribution in [0.1, 0.15) is 25.7 Å². The minimum absolute atomic E-state index is 0.0889. The Morgan fingerprint density at radius 2 is 1.05 bits per heavy atom. The predicted octanol–water partition coefficient (Wildman–Crippen LogP) is 2.85. The third-order valence-corrected chi connectivity index (χ3v) is 3.33. The maximum absolute atomic E-state index is 11.1. The smallest absolute Gasteiger partial charge is 0.248 e. The standard InChI is InChI=1S/C18H24N2O2/c1-11(9-7-8-10-17(19)21)12(2)13(3)14(4)15(5)16(6)18(20)22/h1-10H2,(H2,19,21)(H2,20,22). The maximum Gasteiger partial charge on any atom is 0.248 e. The van der Waals surface area contributed by atoms with Gasteiger partial charge in [-0.3, -0.25) is 9.59 Å². The molecule has 0 rings (SSSR count). The van der Waals surface area contributed by atoms with Gasteiger partial charge in [0, 0.05) is 12.0 Å². The van der Waals surface area contributed by atoms with Gasteiger partial charge < -0.3 is 11.5 Å². The fraction of sp³-hybridized carbons (Fsp3) is 0.222. The number of carbonyl (C=O) groups excluding carboxylic acids is 2. The Labute approximate surface area is 132 Å². The second-order valence-corrected chi connectivity index (χ2v) is 5.03. The first-order valence-electron chi connectivity index (χ1n) is 6.81. The molecule has 0 aromatic rings. The summed E-state index contributed by atoms with van der Waals surface area (Å²) in [6, 6.07) is 0. The minimum atomic E-state index is -0.658. The van der Waals surface area contributed by atoms with E-state index in [1.807, 2.05) is 0 Å². The van der Waals surface area contributed by atoms with Crippen molar-refractivity contribution in [1.82, 2.24) is 0 Å². The molecule has 0 aliphatic carbocycles. The molecule has 0 radical (unpaired) electrons. The van der Waals surface area contributed by atoms with Crippen LogP contribution in [0.4, 0.5) is 0 Å². The second kappa shape index (κ2) is 8.62. The van der Waals surface area contributed by atoms with Gasteiger partial charge >= 0.3 is 0 Å². The third-order valence-electron chi connectivity index (χ3n) is 3.33. The molecule has 0 aromatic heterocycles. The van der Waals surface area contributed by atoms with Gasteiger partial charge in [0.15, 0.2) is 0 Å². The van der Waals surface area contributed by atoms with E-state index in [0.717, 1.165) is 12.0 Å². The molecule has 22 heavy (non-hydrogen) atoms.